The Bertz CT molecular complexity index is 451. The van der Waals surface area contributed by atoms with Gasteiger partial charge in [-0.05, 0) is 45.4 Å². The largest absolute Gasteiger partial charge is 0.481 e. The number of aliphatic carboxylic acids is 1. The minimum Gasteiger partial charge on any atom is -0.481 e. The van der Waals surface area contributed by atoms with Crippen molar-refractivity contribution in [3.05, 3.63) is 0 Å². The number of carboxylic acid groups (broad SMARTS) is 1. The van der Waals surface area contributed by atoms with E-state index in [0.717, 1.165) is 12.8 Å². The Morgan fingerprint density at radius 2 is 1.80 bits per heavy atom. The number of carboxylic acids is 1. The molecule has 0 radical (unpaired) electrons. The van der Waals surface area contributed by atoms with Gasteiger partial charge in [-0.2, -0.15) is 17.0 Å². The molecule has 1 aliphatic heterocycles. The lowest BCUT2D eigenvalue weighted by Gasteiger charge is -2.35. The summed E-state index contributed by atoms with van der Waals surface area (Å²) in [4.78, 5) is 10.9. The smallest absolute Gasteiger partial charge is 0.306 e. The van der Waals surface area contributed by atoms with Crippen molar-refractivity contribution < 1.29 is 18.3 Å². The molecule has 0 amide bonds. The van der Waals surface area contributed by atoms with E-state index >= 15 is 0 Å². The molecule has 6 nitrogen and oxygen atoms in total. The fourth-order valence-corrected chi connectivity index (χ4v) is 4.51. The highest BCUT2D eigenvalue weighted by Gasteiger charge is 2.38. The SMILES string of the molecule is CC(C)N(CC1CC1)S(=O)(=O)N1CCC(C(=O)O)CC1. The molecule has 1 saturated carbocycles. The third-order valence-corrected chi connectivity index (χ3v) is 6.32. The first kappa shape index (κ1) is 15.7. The predicted molar refractivity (Wildman–Crippen MR) is 75.4 cm³/mol. The second-order valence-electron chi connectivity index (χ2n) is 6.13. The first-order chi connectivity index (χ1) is 9.32. The molecule has 0 aromatic carbocycles. The molecule has 0 unspecified atom stereocenters. The minimum absolute atomic E-state index is 0.0576. The summed E-state index contributed by atoms with van der Waals surface area (Å²) in [5, 5.41) is 8.97. The maximum Gasteiger partial charge on any atom is 0.306 e. The van der Waals surface area contributed by atoms with Crippen molar-refractivity contribution in [1.29, 1.82) is 0 Å². The average molecular weight is 304 g/mol. The molecule has 2 fully saturated rings. The Labute approximate surface area is 120 Å². The zero-order valence-corrected chi connectivity index (χ0v) is 13.0. The zero-order valence-electron chi connectivity index (χ0n) is 12.2. The quantitative estimate of drug-likeness (QED) is 0.798. The molecule has 1 aliphatic carbocycles. The fourth-order valence-electron chi connectivity index (χ4n) is 2.61. The molecule has 1 heterocycles. The van der Waals surface area contributed by atoms with Gasteiger partial charge in [0.05, 0.1) is 5.92 Å². The normalized spacial score (nSPS) is 22.6. The summed E-state index contributed by atoms with van der Waals surface area (Å²) in [5.41, 5.74) is 0. The third-order valence-electron chi connectivity index (χ3n) is 4.14. The highest BCUT2D eigenvalue weighted by Crippen LogP contribution is 2.32. The number of carbonyl (C=O) groups is 1. The van der Waals surface area contributed by atoms with E-state index in [0.29, 0.717) is 38.4 Å². The molecule has 0 spiro atoms. The van der Waals surface area contributed by atoms with Crippen molar-refractivity contribution in [3.8, 4) is 0 Å². The summed E-state index contributed by atoms with van der Waals surface area (Å²) in [7, 11) is -3.45. The predicted octanol–water partition coefficient (Wildman–Crippen LogP) is 1.15. The summed E-state index contributed by atoms with van der Waals surface area (Å²) >= 11 is 0. The monoisotopic (exact) mass is 304 g/mol. The van der Waals surface area contributed by atoms with E-state index in [2.05, 4.69) is 0 Å². The third kappa shape index (κ3) is 3.51. The van der Waals surface area contributed by atoms with Crippen LogP contribution in [-0.2, 0) is 15.0 Å². The maximum atomic E-state index is 12.7. The molecule has 0 bridgehead atoms. The van der Waals surface area contributed by atoms with E-state index in [1.807, 2.05) is 13.8 Å². The van der Waals surface area contributed by atoms with Gasteiger partial charge >= 0.3 is 5.97 Å². The van der Waals surface area contributed by atoms with Crippen LogP contribution in [0.2, 0.25) is 0 Å². The molecule has 7 heteroatoms. The van der Waals surface area contributed by atoms with Crippen LogP contribution in [0, 0.1) is 11.8 Å². The van der Waals surface area contributed by atoms with Gasteiger partial charge in [-0.1, -0.05) is 0 Å². The second kappa shape index (κ2) is 5.99. The van der Waals surface area contributed by atoms with Crippen molar-refractivity contribution in [2.24, 2.45) is 11.8 Å². The van der Waals surface area contributed by atoms with E-state index in [1.54, 1.807) is 4.31 Å². The van der Waals surface area contributed by atoms with Crippen LogP contribution in [0.5, 0.6) is 0 Å². The van der Waals surface area contributed by atoms with Crippen molar-refractivity contribution in [2.45, 2.75) is 45.6 Å². The first-order valence-electron chi connectivity index (χ1n) is 7.32. The van der Waals surface area contributed by atoms with Gasteiger partial charge in [0, 0.05) is 25.7 Å². The molecule has 1 saturated heterocycles. The van der Waals surface area contributed by atoms with Crippen molar-refractivity contribution in [3.63, 3.8) is 0 Å². The molecular formula is C13H24N2O4S. The zero-order chi connectivity index (χ0) is 14.9. The van der Waals surface area contributed by atoms with E-state index in [4.69, 9.17) is 5.11 Å². The molecule has 1 N–H and O–H groups in total. The molecule has 0 aromatic heterocycles. The van der Waals surface area contributed by atoms with Gasteiger partial charge in [-0.15, -0.1) is 0 Å². The number of piperidine rings is 1. The van der Waals surface area contributed by atoms with E-state index in [1.165, 1.54) is 4.31 Å². The van der Waals surface area contributed by atoms with E-state index < -0.39 is 22.1 Å². The van der Waals surface area contributed by atoms with Crippen LogP contribution in [0.25, 0.3) is 0 Å². The average Bonchev–Trinajstić information content (AvgIpc) is 3.19. The Morgan fingerprint density at radius 3 is 2.20 bits per heavy atom. The molecular weight excluding hydrogens is 280 g/mol. The summed E-state index contributed by atoms with van der Waals surface area (Å²) < 4.78 is 28.4. The standard InChI is InChI=1S/C13H24N2O4S/c1-10(2)15(9-11-3-4-11)20(18,19)14-7-5-12(6-8-14)13(16)17/h10-12H,3-9H2,1-2H3,(H,16,17). The lowest BCUT2D eigenvalue weighted by molar-refractivity contribution is -0.142. The molecule has 0 atom stereocenters. The second-order valence-corrected chi connectivity index (χ2v) is 8.01. The van der Waals surface area contributed by atoms with Gasteiger partial charge in [0.2, 0.25) is 0 Å². The van der Waals surface area contributed by atoms with Crippen LogP contribution in [0.3, 0.4) is 0 Å². The number of rotatable bonds is 6. The maximum absolute atomic E-state index is 12.7. The lowest BCUT2D eigenvalue weighted by Crippen LogP contribution is -2.50. The van der Waals surface area contributed by atoms with Gasteiger partial charge in [0.1, 0.15) is 0 Å². The molecule has 0 aromatic rings. The highest BCUT2D eigenvalue weighted by molar-refractivity contribution is 7.86. The summed E-state index contributed by atoms with van der Waals surface area (Å²) in [6, 6.07) is -0.0576. The molecule has 2 rings (SSSR count). The Morgan fingerprint density at radius 1 is 1.25 bits per heavy atom. The van der Waals surface area contributed by atoms with Gasteiger partial charge < -0.3 is 5.11 Å². The van der Waals surface area contributed by atoms with Gasteiger partial charge in [-0.25, -0.2) is 0 Å². The molecule has 20 heavy (non-hydrogen) atoms. The number of nitrogens with zero attached hydrogens (tertiary/aromatic N) is 2. The highest BCUT2D eigenvalue weighted by atomic mass is 32.2. The fraction of sp³-hybridized carbons (Fsp3) is 0.923. The molecule has 2 aliphatic rings. The van der Waals surface area contributed by atoms with Gasteiger partial charge in [0.15, 0.2) is 0 Å². The summed E-state index contributed by atoms with van der Waals surface area (Å²) in [6.45, 7) is 5.01. The Balaban J connectivity index is 2.03. The van der Waals surface area contributed by atoms with Crippen molar-refractivity contribution in [1.82, 2.24) is 8.61 Å². The topological polar surface area (TPSA) is 77.9 Å². The van der Waals surface area contributed by atoms with Crippen LogP contribution in [0.1, 0.15) is 39.5 Å². The van der Waals surface area contributed by atoms with Crippen LogP contribution in [0.4, 0.5) is 0 Å². The summed E-state index contributed by atoms with van der Waals surface area (Å²) in [6.07, 6.45) is 3.04. The van der Waals surface area contributed by atoms with E-state index in [9.17, 15) is 13.2 Å². The van der Waals surface area contributed by atoms with Crippen LogP contribution in [0.15, 0.2) is 0 Å². The summed E-state index contributed by atoms with van der Waals surface area (Å²) in [5.74, 6) is -0.721. The van der Waals surface area contributed by atoms with Crippen molar-refractivity contribution in [2.75, 3.05) is 19.6 Å². The van der Waals surface area contributed by atoms with Crippen LogP contribution < -0.4 is 0 Å². The van der Waals surface area contributed by atoms with E-state index in [-0.39, 0.29) is 6.04 Å². The van der Waals surface area contributed by atoms with Gasteiger partial charge in [-0.3, -0.25) is 4.79 Å². The van der Waals surface area contributed by atoms with Gasteiger partial charge in [0.25, 0.3) is 10.2 Å². The number of hydrogen-bond donors (Lipinski definition) is 1. The lowest BCUT2D eigenvalue weighted by atomic mass is 9.99. The minimum atomic E-state index is -3.45. The number of hydrogen-bond acceptors (Lipinski definition) is 3. The first-order valence-corrected chi connectivity index (χ1v) is 8.71. The Kier molecular flexibility index (Phi) is 4.71. The van der Waals surface area contributed by atoms with Crippen LogP contribution in [-0.4, -0.2) is 53.8 Å². The molecule has 116 valence electrons. The van der Waals surface area contributed by atoms with Crippen LogP contribution >= 0.6 is 0 Å². The van der Waals surface area contributed by atoms with Crippen molar-refractivity contribution >= 4 is 16.2 Å². The Hall–Kier alpha value is -0.660.